The number of hydrogen-bond acceptors (Lipinski definition) is 0. The Morgan fingerprint density at radius 1 is 0.741 bits per heavy atom. The van der Waals surface area contributed by atoms with Crippen LogP contribution in [0.4, 0.5) is 0 Å². The van der Waals surface area contributed by atoms with Gasteiger partial charge in [-0.1, -0.05) is 0 Å². The molecule has 140 valence electrons. The molecule has 0 bridgehead atoms. The third-order valence-electron chi connectivity index (χ3n) is 6.72. The van der Waals surface area contributed by atoms with Crippen molar-refractivity contribution >= 4 is 37.9 Å². The van der Waals surface area contributed by atoms with Crippen molar-refractivity contribution in [3.8, 4) is 0 Å². The maximum absolute atomic E-state index is 2.62. The van der Waals surface area contributed by atoms with E-state index in [0.717, 1.165) is 0 Å². The van der Waals surface area contributed by atoms with Crippen LogP contribution < -0.4 is 4.40 Å². The molecule has 0 saturated carbocycles. The van der Waals surface area contributed by atoms with Crippen LogP contribution >= 0.6 is 0 Å². The fourth-order valence-electron chi connectivity index (χ4n) is 5.83. The molecule has 2 unspecified atom stereocenters. The zero-order chi connectivity index (χ0) is 19.6. The van der Waals surface area contributed by atoms with Crippen LogP contribution in [0.3, 0.4) is 0 Å². The van der Waals surface area contributed by atoms with E-state index in [0.29, 0.717) is 11.1 Å². The Labute approximate surface area is 168 Å². The van der Waals surface area contributed by atoms with Crippen molar-refractivity contribution in [2.45, 2.75) is 55.3 Å². The molecule has 0 aliphatic heterocycles. The first-order valence-electron chi connectivity index (χ1n) is 10.2. The summed E-state index contributed by atoms with van der Waals surface area (Å²) in [5.41, 5.74) is 10.6. The van der Waals surface area contributed by atoms with Gasteiger partial charge in [0.25, 0.3) is 0 Å². The van der Waals surface area contributed by atoms with Crippen molar-refractivity contribution in [1.82, 2.24) is 0 Å². The molecule has 2 atom stereocenters. The molecule has 0 nitrogen and oxygen atoms in total. The van der Waals surface area contributed by atoms with Crippen molar-refractivity contribution in [3.63, 3.8) is 0 Å². The standard InChI is InChI=1S/C25H32GeSi/c1-17-15-19-11-8-9-12-20(19)24(17)27(6,7)25-18(2)16-22-21(25)13-10-14-23(22)26(3,4)5/h8-16,24-25H,1-7H3. The van der Waals surface area contributed by atoms with E-state index in [9.17, 15) is 0 Å². The Kier molecular flexibility index (Phi) is 4.47. The monoisotopic (exact) mass is 434 g/mol. The molecule has 2 heteroatoms. The first-order chi connectivity index (χ1) is 12.6. The van der Waals surface area contributed by atoms with Gasteiger partial charge in [-0.2, -0.15) is 0 Å². The molecule has 0 heterocycles. The Morgan fingerprint density at radius 2 is 1.33 bits per heavy atom. The molecule has 2 aliphatic carbocycles. The van der Waals surface area contributed by atoms with E-state index >= 15 is 0 Å². The predicted octanol–water partition coefficient (Wildman–Crippen LogP) is 6.72. The van der Waals surface area contributed by atoms with Gasteiger partial charge >= 0.3 is 169 Å². The quantitative estimate of drug-likeness (QED) is 0.472. The van der Waals surface area contributed by atoms with E-state index in [2.05, 4.69) is 98.8 Å². The second-order valence-corrected chi connectivity index (χ2v) is 25.5. The van der Waals surface area contributed by atoms with Gasteiger partial charge in [-0.05, 0) is 0 Å². The molecule has 2 aliphatic rings. The van der Waals surface area contributed by atoms with Gasteiger partial charge in [-0.3, -0.25) is 0 Å². The van der Waals surface area contributed by atoms with Crippen LogP contribution in [-0.4, -0.2) is 21.3 Å². The van der Waals surface area contributed by atoms with Crippen molar-refractivity contribution in [2.24, 2.45) is 0 Å². The van der Waals surface area contributed by atoms with Gasteiger partial charge in [0.2, 0.25) is 0 Å². The predicted molar refractivity (Wildman–Crippen MR) is 126 cm³/mol. The van der Waals surface area contributed by atoms with Crippen molar-refractivity contribution in [3.05, 3.63) is 75.9 Å². The number of fused-ring (bicyclic) bond motifs is 2. The van der Waals surface area contributed by atoms with E-state index in [-0.39, 0.29) is 0 Å². The van der Waals surface area contributed by atoms with Gasteiger partial charge in [-0.15, -0.1) is 0 Å². The minimum absolute atomic E-state index is 0.618. The number of hydrogen-bond donors (Lipinski definition) is 0. The van der Waals surface area contributed by atoms with Crippen LogP contribution in [0.25, 0.3) is 12.2 Å². The molecule has 4 rings (SSSR count). The van der Waals surface area contributed by atoms with E-state index in [4.69, 9.17) is 0 Å². The van der Waals surface area contributed by atoms with E-state index in [1.54, 1.807) is 32.2 Å². The summed E-state index contributed by atoms with van der Waals surface area (Å²) in [6, 6.07) is 16.2. The van der Waals surface area contributed by atoms with Gasteiger partial charge in [0.1, 0.15) is 0 Å². The number of rotatable bonds is 3. The fourth-order valence-corrected chi connectivity index (χ4v) is 14.2. The Hall–Kier alpha value is -1.32. The van der Waals surface area contributed by atoms with Crippen molar-refractivity contribution < 1.29 is 0 Å². The van der Waals surface area contributed by atoms with Crippen LogP contribution in [0.2, 0.25) is 30.4 Å². The summed E-state index contributed by atoms with van der Waals surface area (Å²) < 4.78 is 1.68. The second-order valence-electron chi connectivity index (χ2n) is 10.2. The fraction of sp³-hybridized carbons (Fsp3) is 0.360. The Morgan fingerprint density at radius 3 is 2.04 bits per heavy atom. The van der Waals surface area contributed by atoms with Gasteiger partial charge in [0, 0.05) is 0 Å². The zero-order valence-electron chi connectivity index (χ0n) is 17.9. The van der Waals surface area contributed by atoms with E-state index in [1.165, 1.54) is 5.56 Å². The Bertz CT molecular complexity index is 972. The summed E-state index contributed by atoms with van der Waals surface area (Å²) in [4.78, 5) is 0. The average molecular weight is 433 g/mol. The number of allylic oxidation sites excluding steroid dienone is 2. The molecule has 0 radical (unpaired) electrons. The topological polar surface area (TPSA) is 0 Å². The van der Waals surface area contributed by atoms with Crippen LogP contribution in [0.1, 0.15) is 47.2 Å². The Balaban J connectivity index is 1.85. The third-order valence-corrected chi connectivity index (χ3v) is 15.5. The molecule has 0 saturated heterocycles. The summed E-state index contributed by atoms with van der Waals surface area (Å²) in [6.45, 7) is 9.99. The van der Waals surface area contributed by atoms with Gasteiger partial charge in [-0.25, -0.2) is 0 Å². The first kappa shape index (κ1) is 19.0. The second kappa shape index (κ2) is 6.35. The summed E-state index contributed by atoms with van der Waals surface area (Å²) in [7, 11) is -1.66. The molecule has 0 N–H and O–H groups in total. The first-order valence-corrected chi connectivity index (χ1v) is 20.7. The molecular formula is C25H32GeSi. The molecular weight excluding hydrogens is 401 g/mol. The van der Waals surface area contributed by atoms with E-state index < -0.39 is 21.3 Å². The molecule has 0 amide bonds. The average Bonchev–Trinajstić information content (AvgIpc) is 3.09. The van der Waals surface area contributed by atoms with E-state index in [1.807, 2.05) is 0 Å². The SMILES string of the molecule is CC1=Cc2ccccc2C1[Si](C)(C)C1C(C)=Cc2c1ccc[c]2[Ge]([CH3])([CH3])[CH3]. The summed E-state index contributed by atoms with van der Waals surface area (Å²) >= 11 is -1.89. The normalized spacial score (nSPS) is 21.6. The minimum atomic E-state index is -1.89. The van der Waals surface area contributed by atoms with Crippen LogP contribution in [-0.2, 0) is 0 Å². The summed E-state index contributed by atoms with van der Waals surface area (Å²) in [5, 5.41) is 0. The van der Waals surface area contributed by atoms with Crippen LogP contribution in [0, 0.1) is 0 Å². The van der Waals surface area contributed by atoms with Gasteiger partial charge in [0.15, 0.2) is 0 Å². The third kappa shape index (κ3) is 2.94. The zero-order valence-corrected chi connectivity index (χ0v) is 20.9. The molecule has 0 spiro atoms. The van der Waals surface area contributed by atoms with Gasteiger partial charge in [0.05, 0.1) is 0 Å². The van der Waals surface area contributed by atoms with Crippen LogP contribution in [0.5, 0.6) is 0 Å². The molecule has 0 fully saturated rings. The summed E-state index contributed by atoms with van der Waals surface area (Å²) in [6.07, 6.45) is 4.98. The molecule has 2 aromatic rings. The maximum atomic E-state index is 2.62. The molecule has 0 aromatic heterocycles. The molecule has 2 aromatic carbocycles. The van der Waals surface area contributed by atoms with Gasteiger partial charge < -0.3 is 0 Å². The number of benzene rings is 2. The van der Waals surface area contributed by atoms with Crippen molar-refractivity contribution in [1.29, 1.82) is 0 Å². The summed E-state index contributed by atoms with van der Waals surface area (Å²) in [5.74, 6) is 7.57. The van der Waals surface area contributed by atoms with Crippen LogP contribution in [0.15, 0.2) is 53.6 Å². The molecule has 27 heavy (non-hydrogen) atoms. The van der Waals surface area contributed by atoms with Crippen molar-refractivity contribution in [2.75, 3.05) is 0 Å².